The number of aromatic nitrogens is 3. The van der Waals surface area contributed by atoms with E-state index in [4.69, 9.17) is 11.6 Å². The summed E-state index contributed by atoms with van der Waals surface area (Å²) in [6.45, 7) is 0.0946. The second kappa shape index (κ2) is 10.3. The molecule has 3 aromatic carbocycles. The van der Waals surface area contributed by atoms with E-state index in [0.717, 1.165) is 12.1 Å². The second-order valence-electron chi connectivity index (χ2n) is 7.25. The summed E-state index contributed by atoms with van der Waals surface area (Å²) < 4.78 is 40.9. The number of carbonyl (C=O) groups excluding carboxylic acids is 1. The lowest BCUT2D eigenvalue weighted by atomic mass is 10.1. The summed E-state index contributed by atoms with van der Waals surface area (Å²) in [6, 6.07) is 21.0. The standard InChI is InChI=1S/C24H18ClF3N4OS/c25-19-10-5-11-20(13-19)32-21(14-29-22(33)17-7-2-1-3-8-17)30-31-23(32)34-15-16-6-4-9-18(12-16)24(26,27)28/h1-13H,14-15H2,(H,29,33). The first-order chi connectivity index (χ1) is 16.3. The van der Waals surface area contributed by atoms with Gasteiger partial charge in [0, 0.05) is 16.3 Å². The maximum absolute atomic E-state index is 13.1. The molecule has 1 heterocycles. The quantitative estimate of drug-likeness (QED) is 0.307. The Morgan fingerprint density at radius 3 is 2.47 bits per heavy atom. The summed E-state index contributed by atoms with van der Waals surface area (Å²) in [7, 11) is 0. The lowest BCUT2D eigenvalue weighted by Crippen LogP contribution is -2.24. The van der Waals surface area contributed by atoms with Crippen LogP contribution < -0.4 is 5.32 Å². The van der Waals surface area contributed by atoms with E-state index in [-0.39, 0.29) is 18.2 Å². The number of alkyl halides is 3. The van der Waals surface area contributed by atoms with Gasteiger partial charge in [0.1, 0.15) is 0 Å². The van der Waals surface area contributed by atoms with E-state index < -0.39 is 11.7 Å². The Labute approximate surface area is 203 Å². The van der Waals surface area contributed by atoms with Crippen LogP contribution in [-0.4, -0.2) is 20.7 Å². The van der Waals surface area contributed by atoms with Crippen LogP contribution in [0.15, 0.2) is 84.0 Å². The van der Waals surface area contributed by atoms with Crippen molar-refractivity contribution in [2.45, 2.75) is 23.6 Å². The molecule has 0 bridgehead atoms. The number of amides is 1. The maximum Gasteiger partial charge on any atom is 0.416 e. The molecule has 1 amide bonds. The summed E-state index contributed by atoms with van der Waals surface area (Å²) in [4.78, 5) is 12.5. The van der Waals surface area contributed by atoms with Crippen molar-refractivity contribution in [3.8, 4) is 5.69 Å². The number of nitrogens with zero attached hydrogens (tertiary/aromatic N) is 3. The average molecular weight is 503 g/mol. The number of hydrogen-bond acceptors (Lipinski definition) is 4. The van der Waals surface area contributed by atoms with Gasteiger partial charge in [-0.3, -0.25) is 9.36 Å². The van der Waals surface area contributed by atoms with Gasteiger partial charge in [-0.1, -0.05) is 65.8 Å². The van der Waals surface area contributed by atoms with Crippen LogP contribution in [0.25, 0.3) is 5.69 Å². The smallest absolute Gasteiger partial charge is 0.345 e. The fraction of sp³-hybridized carbons (Fsp3) is 0.125. The van der Waals surface area contributed by atoms with Gasteiger partial charge < -0.3 is 5.32 Å². The highest BCUT2D eigenvalue weighted by molar-refractivity contribution is 7.98. The molecule has 0 unspecified atom stereocenters. The number of thioether (sulfide) groups is 1. The molecular weight excluding hydrogens is 485 g/mol. The minimum absolute atomic E-state index is 0.0946. The van der Waals surface area contributed by atoms with Crippen LogP contribution in [-0.2, 0) is 18.5 Å². The first kappa shape index (κ1) is 23.8. The molecule has 1 aromatic heterocycles. The van der Waals surface area contributed by atoms with Gasteiger partial charge in [-0.15, -0.1) is 10.2 Å². The highest BCUT2D eigenvalue weighted by atomic mass is 35.5. The Morgan fingerprint density at radius 2 is 1.74 bits per heavy atom. The minimum atomic E-state index is -4.41. The van der Waals surface area contributed by atoms with Crippen molar-refractivity contribution in [1.29, 1.82) is 0 Å². The molecule has 1 N–H and O–H groups in total. The van der Waals surface area contributed by atoms with Crippen LogP contribution in [0.1, 0.15) is 27.3 Å². The molecular formula is C24H18ClF3N4OS. The van der Waals surface area contributed by atoms with Crippen LogP contribution in [0.3, 0.4) is 0 Å². The Morgan fingerprint density at radius 1 is 0.971 bits per heavy atom. The number of halogens is 4. The largest absolute Gasteiger partial charge is 0.416 e. The normalized spacial score (nSPS) is 11.4. The van der Waals surface area contributed by atoms with Gasteiger partial charge in [0.25, 0.3) is 5.91 Å². The van der Waals surface area contributed by atoms with Gasteiger partial charge >= 0.3 is 6.18 Å². The molecule has 4 aromatic rings. The molecule has 0 fully saturated rings. The molecule has 5 nitrogen and oxygen atoms in total. The van der Waals surface area contributed by atoms with Gasteiger partial charge in [-0.2, -0.15) is 13.2 Å². The zero-order valence-corrected chi connectivity index (χ0v) is 19.2. The second-order valence-corrected chi connectivity index (χ2v) is 8.63. The zero-order chi connectivity index (χ0) is 24.1. The summed E-state index contributed by atoms with van der Waals surface area (Å²) in [5.41, 5.74) is 0.981. The first-order valence-corrected chi connectivity index (χ1v) is 11.5. The third-order valence-electron chi connectivity index (χ3n) is 4.83. The molecule has 0 atom stereocenters. The fourth-order valence-corrected chi connectivity index (χ4v) is 4.32. The van der Waals surface area contributed by atoms with Crippen LogP contribution in [0.5, 0.6) is 0 Å². The zero-order valence-electron chi connectivity index (χ0n) is 17.6. The molecule has 0 saturated carbocycles. The molecule has 10 heteroatoms. The van der Waals surface area contributed by atoms with Crippen molar-refractivity contribution in [3.63, 3.8) is 0 Å². The minimum Gasteiger partial charge on any atom is -0.345 e. The van der Waals surface area contributed by atoms with E-state index in [1.54, 1.807) is 53.1 Å². The molecule has 0 radical (unpaired) electrons. The number of hydrogen-bond donors (Lipinski definition) is 1. The van der Waals surface area contributed by atoms with Crippen molar-refractivity contribution in [1.82, 2.24) is 20.1 Å². The van der Waals surface area contributed by atoms with Crippen molar-refractivity contribution in [2.24, 2.45) is 0 Å². The highest BCUT2D eigenvalue weighted by Gasteiger charge is 2.30. The Hall–Kier alpha value is -3.30. The monoisotopic (exact) mass is 502 g/mol. The fourth-order valence-electron chi connectivity index (χ4n) is 3.22. The molecule has 174 valence electrons. The van der Waals surface area contributed by atoms with Gasteiger partial charge in [0.2, 0.25) is 0 Å². The third kappa shape index (κ3) is 5.78. The van der Waals surface area contributed by atoms with E-state index >= 15 is 0 Å². The molecule has 4 rings (SSSR count). The average Bonchev–Trinajstić information content (AvgIpc) is 3.24. The van der Waals surface area contributed by atoms with Crippen LogP contribution in [0, 0.1) is 0 Å². The summed E-state index contributed by atoms with van der Waals surface area (Å²) in [5.74, 6) is 0.441. The number of nitrogens with one attached hydrogen (secondary N) is 1. The van der Waals surface area contributed by atoms with Crippen molar-refractivity contribution >= 4 is 29.3 Å². The van der Waals surface area contributed by atoms with Crippen LogP contribution >= 0.6 is 23.4 Å². The lowest BCUT2D eigenvalue weighted by molar-refractivity contribution is -0.137. The Balaban J connectivity index is 1.58. The molecule has 0 aliphatic rings. The molecule has 0 aliphatic carbocycles. The molecule has 0 saturated heterocycles. The van der Waals surface area contributed by atoms with Crippen molar-refractivity contribution < 1.29 is 18.0 Å². The predicted octanol–water partition coefficient (Wildman–Crippen LogP) is 6.16. The van der Waals surface area contributed by atoms with Gasteiger partial charge in [0.05, 0.1) is 17.8 Å². The van der Waals surface area contributed by atoms with E-state index in [9.17, 15) is 18.0 Å². The SMILES string of the molecule is O=C(NCc1nnc(SCc2cccc(C(F)(F)F)c2)n1-c1cccc(Cl)c1)c1ccccc1. The van der Waals surface area contributed by atoms with Gasteiger partial charge in [0.15, 0.2) is 11.0 Å². The molecule has 34 heavy (non-hydrogen) atoms. The Kier molecular flexibility index (Phi) is 7.23. The van der Waals surface area contributed by atoms with E-state index in [2.05, 4.69) is 15.5 Å². The van der Waals surface area contributed by atoms with E-state index in [1.165, 1.54) is 17.8 Å². The van der Waals surface area contributed by atoms with Crippen LogP contribution in [0.2, 0.25) is 5.02 Å². The number of rotatable bonds is 7. The van der Waals surface area contributed by atoms with Crippen molar-refractivity contribution in [2.75, 3.05) is 0 Å². The number of benzene rings is 3. The van der Waals surface area contributed by atoms with Crippen LogP contribution in [0.4, 0.5) is 13.2 Å². The molecule has 0 aliphatic heterocycles. The predicted molar refractivity (Wildman–Crippen MR) is 125 cm³/mol. The third-order valence-corrected chi connectivity index (χ3v) is 6.07. The van der Waals surface area contributed by atoms with Gasteiger partial charge in [-0.05, 0) is 42.0 Å². The highest BCUT2D eigenvalue weighted by Crippen LogP contribution is 2.32. The maximum atomic E-state index is 13.1. The van der Waals surface area contributed by atoms with Crippen molar-refractivity contribution in [3.05, 3.63) is 106 Å². The van der Waals surface area contributed by atoms with E-state index in [1.807, 2.05) is 12.1 Å². The van der Waals surface area contributed by atoms with E-state index in [0.29, 0.717) is 32.8 Å². The lowest BCUT2D eigenvalue weighted by Gasteiger charge is -2.12. The topological polar surface area (TPSA) is 59.8 Å². The van der Waals surface area contributed by atoms with Gasteiger partial charge in [-0.25, -0.2) is 0 Å². The number of carbonyl (C=O) groups is 1. The Bertz CT molecular complexity index is 1290. The summed E-state index contributed by atoms with van der Waals surface area (Å²) >= 11 is 7.41. The summed E-state index contributed by atoms with van der Waals surface area (Å²) in [6.07, 6.45) is -4.41. The molecule has 0 spiro atoms. The summed E-state index contributed by atoms with van der Waals surface area (Å²) in [5, 5.41) is 12.2. The first-order valence-electron chi connectivity index (χ1n) is 10.1.